The Morgan fingerprint density at radius 2 is 1.43 bits per heavy atom. The molecule has 0 atom stereocenters. The molecule has 35 heavy (non-hydrogen) atoms. The van der Waals surface area contributed by atoms with Gasteiger partial charge < -0.3 is 23.3 Å². The van der Waals surface area contributed by atoms with E-state index in [0.29, 0.717) is 59.6 Å². The molecule has 0 radical (unpaired) electrons. The Labute approximate surface area is 201 Å². The molecule has 0 spiro atoms. The Morgan fingerprint density at radius 1 is 0.743 bits per heavy atom. The first-order valence-corrected chi connectivity index (χ1v) is 11.9. The summed E-state index contributed by atoms with van der Waals surface area (Å²) < 4.78 is 20.0. The van der Waals surface area contributed by atoms with Crippen LogP contribution < -0.4 is 20.6 Å². The summed E-state index contributed by atoms with van der Waals surface area (Å²) in [4.78, 5) is 33.4. The Bertz CT molecular complexity index is 1520. The zero-order valence-corrected chi connectivity index (χ0v) is 19.3. The fraction of sp³-hybridized carbons (Fsp3) is 0.346. The number of ether oxygens (including phenoxy) is 3. The number of morpholine rings is 1. The Kier molecular flexibility index (Phi) is 5.71. The summed E-state index contributed by atoms with van der Waals surface area (Å²) in [6.07, 6.45) is 3.52. The monoisotopic (exact) mass is 474 g/mol. The highest BCUT2D eigenvalue weighted by atomic mass is 16.6. The number of rotatable bonds is 5. The first kappa shape index (κ1) is 21.8. The highest BCUT2D eigenvalue weighted by Crippen LogP contribution is 2.31. The van der Waals surface area contributed by atoms with Crippen molar-refractivity contribution in [1.82, 2.24) is 19.0 Å². The lowest BCUT2D eigenvalue weighted by Gasteiger charge is -2.26. The Balaban J connectivity index is 1.32. The van der Waals surface area contributed by atoms with Crippen LogP contribution in [0.4, 0.5) is 0 Å². The van der Waals surface area contributed by atoms with Crippen molar-refractivity contribution in [3.63, 3.8) is 0 Å². The molecule has 1 saturated heterocycles. The molecule has 180 valence electrons. The lowest BCUT2D eigenvalue weighted by molar-refractivity contribution is 0.0363. The van der Waals surface area contributed by atoms with E-state index in [1.807, 2.05) is 30.3 Å². The molecule has 1 aromatic carbocycles. The number of fused-ring (bicyclic) bond motifs is 3. The number of hydrogen-bond donors (Lipinski definition) is 0. The van der Waals surface area contributed by atoms with Crippen LogP contribution in [0.25, 0.3) is 21.8 Å². The minimum absolute atomic E-state index is 0.133. The SMILES string of the molecule is O=c1c2cc3c(=O)n(Cc4ccc5c(c4)OCCO5)ccc3nc2ccn1CCN1CCOCC1. The van der Waals surface area contributed by atoms with Gasteiger partial charge in [0.25, 0.3) is 11.1 Å². The van der Waals surface area contributed by atoms with Gasteiger partial charge in [-0.1, -0.05) is 6.07 Å². The molecule has 0 bridgehead atoms. The summed E-state index contributed by atoms with van der Waals surface area (Å²) >= 11 is 0. The second kappa shape index (κ2) is 9.16. The predicted molar refractivity (Wildman–Crippen MR) is 132 cm³/mol. The summed E-state index contributed by atoms with van der Waals surface area (Å²) in [7, 11) is 0. The van der Waals surface area contributed by atoms with Crippen LogP contribution in [0, 0.1) is 0 Å². The van der Waals surface area contributed by atoms with Crippen molar-refractivity contribution in [1.29, 1.82) is 0 Å². The largest absolute Gasteiger partial charge is 0.486 e. The average molecular weight is 475 g/mol. The summed E-state index contributed by atoms with van der Waals surface area (Å²) in [5, 5.41) is 0.886. The maximum Gasteiger partial charge on any atom is 0.260 e. The molecule has 0 amide bonds. The summed E-state index contributed by atoms with van der Waals surface area (Å²) in [5.41, 5.74) is 1.78. The molecule has 6 rings (SSSR count). The Morgan fingerprint density at radius 3 is 2.20 bits per heavy atom. The molecule has 1 fully saturated rings. The number of nitrogens with zero attached hydrogens (tertiary/aromatic N) is 4. The molecule has 9 heteroatoms. The van der Waals surface area contributed by atoms with Gasteiger partial charge in [-0.3, -0.25) is 14.5 Å². The highest BCUT2D eigenvalue weighted by Gasteiger charge is 2.15. The van der Waals surface area contributed by atoms with Crippen LogP contribution in [0.3, 0.4) is 0 Å². The molecule has 0 saturated carbocycles. The molecule has 9 nitrogen and oxygen atoms in total. The third kappa shape index (κ3) is 4.28. The van der Waals surface area contributed by atoms with E-state index in [-0.39, 0.29) is 11.1 Å². The molecule has 2 aliphatic heterocycles. The van der Waals surface area contributed by atoms with Gasteiger partial charge in [-0.2, -0.15) is 0 Å². The van der Waals surface area contributed by atoms with Gasteiger partial charge in [0.2, 0.25) is 0 Å². The van der Waals surface area contributed by atoms with Crippen molar-refractivity contribution < 1.29 is 14.2 Å². The molecule has 0 aliphatic carbocycles. The van der Waals surface area contributed by atoms with E-state index in [2.05, 4.69) is 9.88 Å². The normalized spacial score (nSPS) is 16.1. The van der Waals surface area contributed by atoms with Crippen LogP contribution in [0.15, 0.2) is 58.4 Å². The summed E-state index contributed by atoms with van der Waals surface area (Å²) in [5.74, 6) is 1.40. The fourth-order valence-electron chi connectivity index (χ4n) is 4.66. The van der Waals surface area contributed by atoms with Crippen molar-refractivity contribution >= 4 is 21.8 Å². The van der Waals surface area contributed by atoms with Gasteiger partial charge in [-0.05, 0) is 35.9 Å². The van der Waals surface area contributed by atoms with Gasteiger partial charge in [0.1, 0.15) is 13.2 Å². The molecular formula is C26H26N4O5. The number of benzene rings is 1. The standard InChI is InChI=1S/C26H26N4O5/c31-25-19-16-20-22(27-21(19)3-5-29(25)8-7-28-9-11-33-12-10-28)4-6-30(26(20)32)17-18-1-2-23-24(15-18)35-14-13-34-23/h1-6,15-16H,7-14,17H2. The minimum atomic E-state index is -0.185. The molecule has 0 N–H and O–H groups in total. The molecule has 3 aromatic heterocycles. The van der Waals surface area contributed by atoms with Crippen molar-refractivity contribution in [2.45, 2.75) is 13.1 Å². The van der Waals surface area contributed by atoms with Crippen LogP contribution in [0.2, 0.25) is 0 Å². The lowest BCUT2D eigenvalue weighted by atomic mass is 10.1. The minimum Gasteiger partial charge on any atom is -0.486 e. The Hall–Kier alpha value is -3.69. The predicted octanol–water partition coefficient (Wildman–Crippen LogP) is 1.86. The van der Waals surface area contributed by atoms with Crippen molar-refractivity contribution in [2.75, 3.05) is 46.1 Å². The second-order valence-electron chi connectivity index (χ2n) is 8.85. The zero-order valence-electron chi connectivity index (χ0n) is 19.3. The van der Waals surface area contributed by atoms with Gasteiger partial charge in [0.05, 0.1) is 41.6 Å². The van der Waals surface area contributed by atoms with E-state index < -0.39 is 0 Å². The van der Waals surface area contributed by atoms with Crippen LogP contribution >= 0.6 is 0 Å². The maximum absolute atomic E-state index is 13.3. The van der Waals surface area contributed by atoms with Gasteiger partial charge in [0, 0.05) is 38.6 Å². The molecule has 4 aromatic rings. The third-order valence-electron chi connectivity index (χ3n) is 6.61. The van der Waals surface area contributed by atoms with Crippen LogP contribution in [0.1, 0.15) is 5.56 Å². The smallest absolute Gasteiger partial charge is 0.260 e. The maximum atomic E-state index is 13.3. The number of hydrogen-bond acceptors (Lipinski definition) is 7. The van der Waals surface area contributed by atoms with Gasteiger partial charge >= 0.3 is 0 Å². The number of aromatic nitrogens is 3. The van der Waals surface area contributed by atoms with E-state index in [4.69, 9.17) is 14.2 Å². The van der Waals surface area contributed by atoms with E-state index in [0.717, 1.165) is 38.4 Å². The number of pyridine rings is 3. The summed E-state index contributed by atoms with van der Waals surface area (Å²) in [6, 6.07) is 11.0. The van der Waals surface area contributed by atoms with E-state index in [1.165, 1.54) is 0 Å². The molecule has 0 unspecified atom stereocenters. The van der Waals surface area contributed by atoms with Gasteiger partial charge in [-0.15, -0.1) is 0 Å². The summed E-state index contributed by atoms with van der Waals surface area (Å²) in [6.45, 7) is 5.97. The van der Waals surface area contributed by atoms with Crippen molar-refractivity contribution in [3.8, 4) is 11.5 Å². The fourth-order valence-corrected chi connectivity index (χ4v) is 4.66. The first-order chi connectivity index (χ1) is 17.2. The average Bonchev–Trinajstić information content (AvgIpc) is 2.90. The van der Waals surface area contributed by atoms with Crippen LogP contribution in [-0.2, 0) is 17.8 Å². The molecular weight excluding hydrogens is 448 g/mol. The third-order valence-corrected chi connectivity index (χ3v) is 6.61. The molecule has 2 aliphatic rings. The van der Waals surface area contributed by atoms with Crippen LogP contribution in [-0.4, -0.2) is 65.1 Å². The van der Waals surface area contributed by atoms with Crippen molar-refractivity contribution in [3.05, 3.63) is 75.1 Å². The zero-order chi connectivity index (χ0) is 23.8. The topological polar surface area (TPSA) is 87.8 Å². The highest BCUT2D eigenvalue weighted by molar-refractivity contribution is 5.91. The van der Waals surface area contributed by atoms with Crippen LogP contribution in [0.5, 0.6) is 11.5 Å². The lowest BCUT2D eigenvalue weighted by Crippen LogP contribution is -2.39. The van der Waals surface area contributed by atoms with Gasteiger partial charge in [-0.25, -0.2) is 4.98 Å². The quantitative estimate of drug-likeness (QED) is 0.408. The first-order valence-electron chi connectivity index (χ1n) is 11.9. The van der Waals surface area contributed by atoms with Gasteiger partial charge in [0.15, 0.2) is 11.5 Å². The second-order valence-corrected chi connectivity index (χ2v) is 8.85. The van der Waals surface area contributed by atoms with E-state index in [9.17, 15) is 9.59 Å². The van der Waals surface area contributed by atoms with E-state index in [1.54, 1.807) is 27.6 Å². The molecule has 5 heterocycles. The van der Waals surface area contributed by atoms with E-state index >= 15 is 0 Å². The van der Waals surface area contributed by atoms with Crippen molar-refractivity contribution in [2.24, 2.45) is 0 Å².